The van der Waals surface area contributed by atoms with E-state index >= 15 is 0 Å². The molecule has 0 unspecified atom stereocenters. The Balaban J connectivity index is 1.51. The molecular weight excluding hydrogens is 334 g/mol. The number of hydrogen-bond acceptors (Lipinski definition) is 5. The Bertz CT molecular complexity index is 903. The minimum Gasteiger partial charge on any atom is -0.363 e. The van der Waals surface area contributed by atoms with Gasteiger partial charge in [0, 0.05) is 38.9 Å². The molecule has 1 N–H and O–H groups in total. The van der Waals surface area contributed by atoms with E-state index in [1.54, 1.807) is 0 Å². The Labute approximate surface area is 150 Å². The molecule has 0 aliphatic carbocycles. The lowest BCUT2D eigenvalue weighted by Gasteiger charge is -2.30. The SMILES string of the molecule is CN(C)c1nccc2c1CCN(C(=O)Nc1nc3ccccc3s1)C2. The van der Waals surface area contributed by atoms with Crippen molar-refractivity contribution in [2.75, 3.05) is 30.9 Å². The number of nitrogens with one attached hydrogen (secondary N) is 1. The highest BCUT2D eigenvalue weighted by atomic mass is 32.1. The van der Waals surface area contributed by atoms with Crippen molar-refractivity contribution in [2.45, 2.75) is 13.0 Å². The van der Waals surface area contributed by atoms with Gasteiger partial charge in [-0.2, -0.15) is 0 Å². The number of anilines is 2. The molecule has 0 fully saturated rings. The predicted octanol–water partition coefficient (Wildman–Crippen LogP) is 3.35. The predicted molar refractivity (Wildman–Crippen MR) is 101 cm³/mol. The van der Waals surface area contributed by atoms with Crippen LogP contribution in [0.5, 0.6) is 0 Å². The Morgan fingerprint density at radius 1 is 1.28 bits per heavy atom. The highest BCUT2D eigenvalue weighted by Crippen LogP contribution is 2.28. The van der Waals surface area contributed by atoms with E-state index in [-0.39, 0.29) is 6.03 Å². The van der Waals surface area contributed by atoms with Crippen LogP contribution in [0.3, 0.4) is 0 Å². The number of pyridine rings is 1. The van der Waals surface area contributed by atoms with Crippen molar-refractivity contribution >= 4 is 38.5 Å². The number of nitrogens with zero attached hydrogens (tertiary/aromatic N) is 4. The molecule has 4 rings (SSSR count). The van der Waals surface area contributed by atoms with E-state index in [0.29, 0.717) is 18.2 Å². The second-order valence-corrected chi connectivity index (χ2v) is 7.29. The van der Waals surface area contributed by atoms with Gasteiger partial charge in [-0.3, -0.25) is 5.32 Å². The summed E-state index contributed by atoms with van der Waals surface area (Å²) >= 11 is 1.50. The third-order valence-corrected chi connectivity index (χ3v) is 5.29. The summed E-state index contributed by atoms with van der Waals surface area (Å²) < 4.78 is 1.07. The number of carbonyl (C=O) groups is 1. The van der Waals surface area contributed by atoms with Crippen molar-refractivity contribution in [3.8, 4) is 0 Å². The van der Waals surface area contributed by atoms with Crippen LogP contribution in [0.1, 0.15) is 11.1 Å². The summed E-state index contributed by atoms with van der Waals surface area (Å²) in [6.07, 6.45) is 2.62. The topological polar surface area (TPSA) is 61.4 Å². The standard InChI is InChI=1S/C18H19N5OS/c1-22(2)16-13-8-10-23(11-12(13)7-9-19-16)18(24)21-17-20-14-5-3-4-6-15(14)25-17/h3-7,9H,8,10-11H2,1-2H3,(H,20,21,24). The van der Waals surface area contributed by atoms with E-state index in [9.17, 15) is 4.79 Å². The van der Waals surface area contributed by atoms with Crippen molar-refractivity contribution in [3.05, 3.63) is 47.7 Å². The van der Waals surface area contributed by atoms with Crippen LogP contribution in [0.2, 0.25) is 0 Å². The van der Waals surface area contributed by atoms with E-state index in [1.807, 2.05) is 60.4 Å². The smallest absolute Gasteiger partial charge is 0.323 e. The monoisotopic (exact) mass is 353 g/mol. The third kappa shape index (κ3) is 3.02. The van der Waals surface area contributed by atoms with E-state index in [1.165, 1.54) is 16.9 Å². The maximum atomic E-state index is 12.6. The summed E-state index contributed by atoms with van der Waals surface area (Å²) in [6.45, 7) is 1.27. The molecule has 0 saturated heterocycles. The molecular formula is C18H19N5OS. The molecule has 25 heavy (non-hydrogen) atoms. The maximum absolute atomic E-state index is 12.6. The molecule has 2 aromatic heterocycles. The Hall–Kier alpha value is -2.67. The largest absolute Gasteiger partial charge is 0.363 e. The van der Waals surface area contributed by atoms with Gasteiger partial charge in [0.1, 0.15) is 5.82 Å². The number of fused-ring (bicyclic) bond motifs is 2. The summed E-state index contributed by atoms with van der Waals surface area (Å²) in [5, 5.41) is 3.58. The minimum atomic E-state index is -0.104. The molecule has 1 aliphatic rings. The second-order valence-electron chi connectivity index (χ2n) is 6.26. The average molecular weight is 353 g/mol. The van der Waals surface area contributed by atoms with Crippen LogP contribution in [0.4, 0.5) is 15.7 Å². The minimum absolute atomic E-state index is 0.104. The first-order valence-electron chi connectivity index (χ1n) is 8.17. The molecule has 0 atom stereocenters. The van der Waals surface area contributed by atoms with E-state index in [2.05, 4.69) is 15.3 Å². The molecule has 0 saturated carbocycles. The number of urea groups is 1. The summed E-state index contributed by atoms with van der Waals surface area (Å²) in [6, 6.07) is 9.78. The average Bonchev–Trinajstić information content (AvgIpc) is 3.02. The zero-order chi connectivity index (χ0) is 17.4. The Kier molecular flexibility index (Phi) is 4.01. The number of hydrogen-bond donors (Lipinski definition) is 1. The Morgan fingerprint density at radius 2 is 2.12 bits per heavy atom. The normalized spacial score (nSPS) is 13.6. The quantitative estimate of drug-likeness (QED) is 0.767. The van der Waals surface area contributed by atoms with E-state index in [0.717, 1.165) is 28.0 Å². The number of aromatic nitrogens is 2. The van der Waals surface area contributed by atoms with Crippen molar-refractivity contribution < 1.29 is 4.79 Å². The fourth-order valence-corrected chi connectivity index (χ4v) is 3.98. The van der Waals surface area contributed by atoms with Crippen molar-refractivity contribution in [1.29, 1.82) is 0 Å². The zero-order valence-corrected chi connectivity index (χ0v) is 15.0. The first kappa shape index (κ1) is 15.8. The molecule has 7 heteroatoms. The van der Waals surface area contributed by atoms with Gasteiger partial charge < -0.3 is 9.80 Å². The number of rotatable bonds is 2. The van der Waals surface area contributed by atoms with E-state index < -0.39 is 0 Å². The zero-order valence-electron chi connectivity index (χ0n) is 14.2. The van der Waals surface area contributed by atoms with Gasteiger partial charge in [-0.05, 0) is 30.2 Å². The molecule has 128 valence electrons. The van der Waals surface area contributed by atoms with Crippen LogP contribution in [0.25, 0.3) is 10.2 Å². The summed E-state index contributed by atoms with van der Waals surface area (Å²) in [5.74, 6) is 0.990. The Morgan fingerprint density at radius 3 is 2.92 bits per heavy atom. The van der Waals surface area contributed by atoms with Gasteiger partial charge in [0.15, 0.2) is 5.13 Å². The van der Waals surface area contributed by atoms with Crippen LogP contribution in [0.15, 0.2) is 36.5 Å². The van der Waals surface area contributed by atoms with Crippen LogP contribution in [-0.4, -0.2) is 41.5 Å². The van der Waals surface area contributed by atoms with Crippen LogP contribution in [-0.2, 0) is 13.0 Å². The number of amides is 2. The van der Waals surface area contributed by atoms with Gasteiger partial charge in [0.2, 0.25) is 0 Å². The molecule has 0 spiro atoms. The molecule has 3 aromatic rings. The first-order chi connectivity index (χ1) is 12.1. The number of para-hydroxylation sites is 1. The van der Waals surface area contributed by atoms with Gasteiger partial charge in [0.05, 0.1) is 10.2 Å². The maximum Gasteiger partial charge on any atom is 0.323 e. The molecule has 6 nitrogen and oxygen atoms in total. The highest BCUT2D eigenvalue weighted by Gasteiger charge is 2.24. The van der Waals surface area contributed by atoms with Crippen molar-refractivity contribution in [3.63, 3.8) is 0 Å². The lowest BCUT2D eigenvalue weighted by atomic mass is 10.0. The second kappa shape index (κ2) is 6.33. The summed E-state index contributed by atoms with van der Waals surface area (Å²) in [4.78, 5) is 25.4. The molecule has 2 amide bonds. The van der Waals surface area contributed by atoms with Crippen molar-refractivity contribution in [2.24, 2.45) is 0 Å². The number of thiazole rings is 1. The fraction of sp³-hybridized carbons (Fsp3) is 0.278. The fourth-order valence-electron chi connectivity index (χ4n) is 3.13. The third-order valence-electron chi connectivity index (χ3n) is 4.34. The lowest BCUT2D eigenvalue weighted by molar-refractivity contribution is 0.206. The summed E-state index contributed by atoms with van der Waals surface area (Å²) in [5.41, 5.74) is 3.30. The van der Waals surface area contributed by atoms with Crippen LogP contribution < -0.4 is 10.2 Å². The first-order valence-corrected chi connectivity index (χ1v) is 8.99. The summed E-state index contributed by atoms with van der Waals surface area (Å²) in [7, 11) is 3.99. The van der Waals surface area contributed by atoms with Gasteiger partial charge >= 0.3 is 6.03 Å². The van der Waals surface area contributed by atoms with Crippen LogP contribution in [0, 0.1) is 0 Å². The molecule has 0 radical (unpaired) electrons. The molecule has 0 bridgehead atoms. The van der Waals surface area contributed by atoms with Crippen molar-refractivity contribution in [1.82, 2.24) is 14.9 Å². The molecule has 3 heterocycles. The molecule has 1 aliphatic heterocycles. The van der Waals surface area contributed by atoms with Gasteiger partial charge in [-0.15, -0.1) is 0 Å². The van der Waals surface area contributed by atoms with Gasteiger partial charge in [-0.25, -0.2) is 14.8 Å². The highest BCUT2D eigenvalue weighted by molar-refractivity contribution is 7.22. The number of benzene rings is 1. The van der Waals surface area contributed by atoms with Crippen LogP contribution >= 0.6 is 11.3 Å². The van der Waals surface area contributed by atoms with Gasteiger partial charge in [-0.1, -0.05) is 23.5 Å². The molecule has 1 aromatic carbocycles. The number of carbonyl (C=O) groups excluding carboxylic acids is 1. The van der Waals surface area contributed by atoms with E-state index in [4.69, 9.17) is 0 Å². The van der Waals surface area contributed by atoms with Gasteiger partial charge in [0.25, 0.3) is 0 Å². The lowest BCUT2D eigenvalue weighted by Crippen LogP contribution is -2.39.